The van der Waals surface area contributed by atoms with Crippen molar-refractivity contribution in [3.63, 3.8) is 0 Å². The van der Waals surface area contributed by atoms with Crippen molar-refractivity contribution >= 4 is 17.3 Å². The second-order valence-corrected chi connectivity index (χ2v) is 5.71. The summed E-state index contributed by atoms with van der Waals surface area (Å²) in [5, 5.41) is 2.34. The highest BCUT2D eigenvalue weighted by Crippen LogP contribution is 2.37. The molecule has 0 spiro atoms. The number of ether oxygens (including phenoxy) is 1. The van der Waals surface area contributed by atoms with Gasteiger partial charge in [0.05, 0.1) is 17.9 Å². The van der Waals surface area contributed by atoms with Crippen LogP contribution < -0.4 is 10.2 Å². The van der Waals surface area contributed by atoms with E-state index >= 15 is 0 Å². The molecule has 2 rings (SSSR count). The Labute approximate surface area is 144 Å². The zero-order chi connectivity index (χ0) is 18.6. The van der Waals surface area contributed by atoms with Gasteiger partial charge in [-0.1, -0.05) is 12.1 Å². The van der Waals surface area contributed by atoms with Gasteiger partial charge >= 0.3 is 6.18 Å². The van der Waals surface area contributed by atoms with E-state index in [0.717, 1.165) is 11.6 Å². The molecular weight excluding hydrogens is 333 g/mol. The molecule has 1 N–H and O–H groups in total. The standard InChI is InChI=1S/C18H19F3N2O2/c1-23(2)14-8-9-16(15(10-14)18(19,20)21)22-17(24)13-6-4-12(5-7-13)11-25-3/h4-10H,11H2,1-3H3,(H,22,24). The minimum atomic E-state index is -4.57. The Balaban J connectivity index is 2.28. The number of halogens is 3. The molecule has 0 saturated carbocycles. The maximum absolute atomic E-state index is 13.3. The lowest BCUT2D eigenvalue weighted by Crippen LogP contribution is -2.18. The van der Waals surface area contributed by atoms with Crippen molar-refractivity contribution < 1.29 is 22.7 Å². The van der Waals surface area contributed by atoms with Gasteiger partial charge in [-0.2, -0.15) is 13.2 Å². The molecule has 0 aliphatic heterocycles. The van der Waals surface area contributed by atoms with Crippen molar-refractivity contribution in [1.82, 2.24) is 0 Å². The number of hydrogen-bond acceptors (Lipinski definition) is 3. The van der Waals surface area contributed by atoms with Crippen LogP contribution in [0.4, 0.5) is 24.5 Å². The summed E-state index contributed by atoms with van der Waals surface area (Å²) in [4.78, 5) is 13.8. The predicted octanol–water partition coefficient (Wildman–Crippen LogP) is 4.17. The summed E-state index contributed by atoms with van der Waals surface area (Å²) in [5.41, 5.74) is 0.372. The third-order valence-corrected chi connectivity index (χ3v) is 3.60. The summed E-state index contributed by atoms with van der Waals surface area (Å²) in [6, 6.07) is 10.3. The zero-order valence-corrected chi connectivity index (χ0v) is 14.1. The smallest absolute Gasteiger partial charge is 0.380 e. The van der Waals surface area contributed by atoms with E-state index in [2.05, 4.69) is 5.32 Å². The summed E-state index contributed by atoms with van der Waals surface area (Å²) in [6.45, 7) is 0.395. The van der Waals surface area contributed by atoms with Gasteiger partial charge in [0, 0.05) is 32.5 Å². The van der Waals surface area contributed by atoms with E-state index in [1.54, 1.807) is 50.4 Å². The van der Waals surface area contributed by atoms with Crippen LogP contribution >= 0.6 is 0 Å². The van der Waals surface area contributed by atoms with Crippen LogP contribution in [-0.4, -0.2) is 27.1 Å². The Morgan fingerprint density at radius 2 is 1.76 bits per heavy atom. The third-order valence-electron chi connectivity index (χ3n) is 3.60. The second-order valence-electron chi connectivity index (χ2n) is 5.71. The van der Waals surface area contributed by atoms with Crippen molar-refractivity contribution in [2.24, 2.45) is 0 Å². The SMILES string of the molecule is COCc1ccc(C(=O)Nc2ccc(N(C)C)cc2C(F)(F)F)cc1. The molecule has 0 aliphatic rings. The molecule has 0 heterocycles. The summed E-state index contributed by atoms with van der Waals surface area (Å²) in [7, 11) is 4.85. The molecule has 0 aliphatic carbocycles. The topological polar surface area (TPSA) is 41.6 Å². The molecule has 2 aromatic carbocycles. The maximum atomic E-state index is 13.3. The van der Waals surface area contributed by atoms with Gasteiger partial charge in [-0.15, -0.1) is 0 Å². The fourth-order valence-electron chi connectivity index (χ4n) is 2.27. The van der Waals surface area contributed by atoms with E-state index in [1.165, 1.54) is 12.1 Å². The van der Waals surface area contributed by atoms with Crippen molar-refractivity contribution in [1.29, 1.82) is 0 Å². The van der Waals surface area contributed by atoms with E-state index in [1.807, 2.05) is 0 Å². The number of benzene rings is 2. The fourth-order valence-corrected chi connectivity index (χ4v) is 2.27. The number of anilines is 2. The van der Waals surface area contributed by atoms with Gasteiger partial charge in [-0.25, -0.2) is 0 Å². The highest BCUT2D eigenvalue weighted by molar-refractivity contribution is 6.04. The maximum Gasteiger partial charge on any atom is 0.418 e. The van der Waals surface area contributed by atoms with E-state index in [0.29, 0.717) is 12.3 Å². The molecule has 0 saturated heterocycles. The Morgan fingerprint density at radius 3 is 2.28 bits per heavy atom. The third kappa shape index (κ3) is 4.73. The molecule has 0 fully saturated rings. The number of carbonyl (C=O) groups excluding carboxylic acids is 1. The molecule has 0 unspecified atom stereocenters. The summed E-state index contributed by atoms with van der Waals surface area (Å²) >= 11 is 0. The van der Waals surface area contributed by atoms with Crippen LogP contribution in [0.3, 0.4) is 0 Å². The Hall–Kier alpha value is -2.54. The van der Waals surface area contributed by atoms with E-state index < -0.39 is 17.6 Å². The number of rotatable bonds is 5. The Kier molecular flexibility index (Phi) is 5.69. The number of hydrogen-bond donors (Lipinski definition) is 1. The number of carbonyl (C=O) groups is 1. The first-order chi connectivity index (χ1) is 11.7. The molecule has 0 atom stereocenters. The minimum Gasteiger partial charge on any atom is -0.380 e. The van der Waals surface area contributed by atoms with Gasteiger partial charge in [0.15, 0.2) is 0 Å². The van der Waals surface area contributed by atoms with E-state index in [-0.39, 0.29) is 11.3 Å². The van der Waals surface area contributed by atoms with Crippen molar-refractivity contribution in [3.8, 4) is 0 Å². The number of nitrogens with zero attached hydrogens (tertiary/aromatic N) is 1. The first-order valence-corrected chi connectivity index (χ1v) is 7.50. The molecule has 4 nitrogen and oxygen atoms in total. The van der Waals surface area contributed by atoms with Crippen molar-refractivity contribution in [2.75, 3.05) is 31.4 Å². The number of amides is 1. The average molecular weight is 352 g/mol. The highest BCUT2D eigenvalue weighted by atomic mass is 19.4. The monoisotopic (exact) mass is 352 g/mol. The summed E-state index contributed by atoms with van der Waals surface area (Å²) < 4.78 is 44.9. The molecule has 25 heavy (non-hydrogen) atoms. The quantitative estimate of drug-likeness (QED) is 0.878. The van der Waals surface area contributed by atoms with Crippen LogP contribution in [0.2, 0.25) is 0 Å². The van der Waals surface area contributed by atoms with Crippen LogP contribution in [0.5, 0.6) is 0 Å². The van der Waals surface area contributed by atoms with Crippen LogP contribution in [0.25, 0.3) is 0 Å². The lowest BCUT2D eigenvalue weighted by molar-refractivity contribution is -0.136. The highest BCUT2D eigenvalue weighted by Gasteiger charge is 2.34. The Morgan fingerprint density at radius 1 is 1.12 bits per heavy atom. The molecule has 134 valence electrons. The number of nitrogens with one attached hydrogen (secondary N) is 1. The lowest BCUT2D eigenvalue weighted by atomic mass is 10.1. The Bertz CT molecular complexity index is 741. The minimum absolute atomic E-state index is 0.268. The van der Waals surface area contributed by atoms with Crippen molar-refractivity contribution in [3.05, 3.63) is 59.2 Å². The van der Waals surface area contributed by atoms with Crippen LogP contribution in [-0.2, 0) is 17.5 Å². The van der Waals surface area contributed by atoms with Crippen molar-refractivity contribution in [2.45, 2.75) is 12.8 Å². The first kappa shape index (κ1) is 18.8. The number of methoxy groups -OCH3 is 1. The number of alkyl halides is 3. The van der Waals surface area contributed by atoms with Crippen LogP contribution in [0.15, 0.2) is 42.5 Å². The van der Waals surface area contributed by atoms with Gasteiger partial charge in [0.25, 0.3) is 5.91 Å². The summed E-state index contributed by atoms with van der Waals surface area (Å²) in [6.07, 6.45) is -4.57. The van der Waals surface area contributed by atoms with Gasteiger partial charge in [0.1, 0.15) is 0 Å². The summed E-state index contributed by atoms with van der Waals surface area (Å²) in [5.74, 6) is -0.605. The fraction of sp³-hybridized carbons (Fsp3) is 0.278. The second kappa shape index (κ2) is 7.57. The van der Waals surface area contributed by atoms with E-state index in [4.69, 9.17) is 4.74 Å². The molecule has 2 aromatic rings. The average Bonchev–Trinajstić information content (AvgIpc) is 2.55. The lowest BCUT2D eigenvalue weighted by Gasteiger charge is -2.18. The first-order valence-electron chi connectivity index (χ1n) is 7.50. The molecule has 0 aromatic heterocycles. The van der Waals surface area contributed by atoms with Gasteiger partial charge in [-0.05, 0) is 35.9 Å². The molecule has 1 amide bonds. The van der Waals surface area contributed by atoms with Gasteiger partial charge in [-0.3, -0.25) is 4.79 Å². The van der Waals surface area contributed by atoms with Crippen LogP contribution in [0, 0.1) is 0 Å². The largest absolute Gasteiger partial charge is 0.418 e. The molecule has 0 bridgehead atoms. The van der Waals surface area contributed by atoms with E-state index in [9.17, 15) is 18.0 Å². The predicted molar refractivity (Wildman–Crippen MR) is 90.9 cm³/mol. The van der Waals surface area contributed by atoms with Gasteiger partial charge in [0.2, 0.25) is 0 Å². The zero-order valence-electron chi connectivity index (χ0n) is 14.1. The normalized spacial score (nSPS) is 11.3. The molecule has 7 heteroatoms. The van der Waals surface area contributed by atoms with Crippen LogP contribution in [0.1, 0.15) is 21.5 Å². The van der Waals surface area contributed by atoms with Gasteiger partial charge < -0.3 is 15.0 Å². The molecular formula is C18H19F3N2O2. The molecule has 0 radical (unpaired) electrons.